The van der Waals surface area contributed by atoms with E-state index in [4.69, 9.17) is 0 Å². The number of aryl methyl sites for hydroxylation is 2. The molecule has 0 unspecified atom stereocenters. The van der Waals surface area contributed by atoms with E-state index < -0.39 is 0 Å². The molecule has 17 heavy (non-hydrogen) atoms. The lowest BCUT2D eigenvalue weighted by atomic mass is 10.2. The van der Waals surface area contributed by atoms with E-state index in [0.717, 1.165) is 33.3 Å². The Hall–Kier alpha value is -1.20. The maximum absolute atomic E-state index is 10.6. The van der Waals surface area contributed by atoms with Gasteiger partial charge in [-0.15, -0.1) is 0 Å². The van der Waals surface area contributed by atoms with Crippen molar-refractivity contribution in [1.29, 1.82) is 0 Å². The molecule has 0 fully saturated rings. The summed E-state index contributed by atoms with van der Waals surface area (Å²) >= 11 is 3.02. The molecule has 0 saturated heterocycles. The van der Waals surface area contributed by atoms with Crippen LogP contribution in [0.2, 0.25) is 0 Å². The lowest BCUT2D eigenvalue weighted by molar-refractivity contribution is 0.112. The fourth-order valence-electron chi connectivity index (χ4n) is 1.38. The third kappa shape index (κ3) is 2.92. The van der Waals surface area contributed by atoms with Gasteiger partial charge in [-0.2, -0.15) is 4.37 Å². The highest BCUT2D eigenvalue weighted by atomic mass is 32.2. The summed E-state index contributed by atoms with van der Waals surface area (Å²) in [5, 5.41) is 0. The second-order valence-electron chi connectivity index (χ2n) is 3.57. The molecule has 0 bridgehead atoms. The number of carbonyl (C=O) groups is 1. The van der Waals surface area contributed by atoms with Gasteiger partial charge >= 0.3 is 0 Å². The molecule has 88 valence electrons. The van der Waals surface area contributed by atoms with Crippen LogP contribution in [0.25, 0.3) is 0 Å². The number of carbonyl (C=O) groups excluding carboxylic acids is 1. The molecule has 2 aromatic rings. The maximum atomic E-state index is 10.6. The summed E-state index contributed by atoms with van der Waals surface area (Å²) in [6.07, 6.45) is 1.72. The molecule has 0 saturated carbocycles. The van der Waals surface area contributed by atoms with Gasteiger partial charge in [0.05, 0.1) is 0 Å². The van der Waals surface area contributed by atoms with Gasteiger partial charge < -0.3 is 0 Å². The number of hydrogen-bond donors (Lipinski definition) is 0. The minimum absolute atomic E-state index is 0.707. The van der Waals surface area contributed by atoms with E-state index in [-0.39, 0.29) is 0 Å². The van der Waals surface area contributed by atoms with Crippen molar-refractivity contribution in [2.24, 2.45) is 0 Å². The molecule has 0 spiro atoms. The zero-order valence-corrected chi connectivity index (χ0v) is 11.3. The van der Waals surface area contributed by atoms with Crippen LogP contribution < -0.4 is 0 Å². The van der Waals surface area contributed by atoms with Crippen molar-refractivity contribution < 1.29 is 4.79 Å². The summed E-state index contributed by atoms with van der Waals surface area (Å²) in [5.41, 5.74) is 1.80. The van der Waals surface area contributed by atoms with Crippen LogP contribution in [0.15, 0.2) is 27.4 Å². The first kappa shape index (κ1) is 12.3. The predicted molar refractivity (Wildman–Crippen MR) is 70.0 cm³/mol. The van der Waals surface area contributed by atoms with Gasteiger partial charge in [-0.3, -0.25) is 4.79 Å². The summed E-state index contributed by atoms with van der Waals surface area (Å²) in [4.78, 5) is 16.2. The van der Waals surface area contributed by atoms with Crippen molar-refractivity contribution >= 4 is 29.6 Å². The third-order valence-corrected chi connectivity index (χ3v) is 4.27. The Labute approximate surface area is 108 Å². The highest BCUT2D eigenvalue weighted by Crippen LogP contribution is 2.31. The van der Waals surface area contributed by atoms with Crippen molar-refractivity contribution in [3.63, 3.8) is 0 Å². The van der Waals surface area contributed by atoms with E-state index in [1.807, 2.05) is 32.0 Å². The van der Waals surface area contributed by atoms with Gasteiger partial charge in [0.15, 0.2) is 4.34 Å². The van der Waals surface area contributed by atoms with Crippen molar-refractivity contribution in [3.8, 4) is 0 Å². The summed E-state index contributed by atoms with van der Waals surface area (Å²) in [6.45, 7) is 4.04. The normalized spacial score (nSPS) is 10.5. The quantitative estimate of drug-likeness (QED) is 0.794. The number of hydrogen-bond acceptors (Lipinski definition) is 5. The third-order valence-electron chi connectivity index (χ3n) is 2.30. The zero-order valence-electron chi connectivity index (χ0n) is 9.64. The van der Waals surface area contributed by atoms with Gasteiger partial charge in [0.25, 0.3) is 0 Å². The van der Waals surface area contributed by atoms with Crippen LogP contribution in [0.3, 0.4) is 0 Å². The molecule has 0 radical (unpaired) electrons. The Morgan fingerprint density at radius 1 is 1.47 bits per heavy atom. The molecule has 0 amide bonds. The van der Waals surface area contributed by atoms with Gasteiger partial charge in [-0.25, -0.2) is 4.98 Å². The molecule has 1 aromatic heterocycles. The first-order valence-corrected chi connectivity index (χ1v) is 6.88. The summed E-state index contributed by atoms with van der Waals surface area (Å²) in [7, 11) is 0. The summed E-state index contributed by atoms with van der Waals surface area (Å²) in [6, 6.07) is 5.66. The van der Waals surface area contributed by atoms with Crippen molar-refractivity contribution in [2.75, 3.05) is 0 Å². The van der Waals surface area contributed by atoms with E-state index in [2.05, 4.69) is 9.36 Å². The van der Waals surface area contributed by atoms with Gasteiger partial charge in [0.2, 0.25) is 0 Å². The molecule has 0 aliphatic carbocycles. The fourth-order valence-corrected chi connectivity index (χ4v) is 3.10. The first-order valence-electron chi connectivity index (χ1n) is 5.29. The molecular formula is C12H12N2OS2. The Morgan fingerprint density at radius 3 is 2.88 bits per heavy atom. The second-order valence-corrected chi connectivity index (χ2v) is 5.62. The maximum Gasteiger partial charge on any atom is 0.174 e. The molecule has 3 nitrogen and oxygen atoms in total. The molecule has 0 atom stereocenters. The monoisotopic (exact) mass is 264 g/mol. The molecule has 5 heteroatoms. The van der Waals surface area contributed by atoms with Crippen LogP contribution in [0.1, 0.15) is 28.7 Å². The predicted octanol–water partition coefficient (Wildman–Crippen LogP) is 3.37. The Bertz CT molecular complexity index is 537. The standard InChI is InChI=1S/C12H12N2OS2/c1-3-11-13-12(17-14-11)16-10-5-4-9(7-15)6-8(10)2/h4-7H,3H2,1-2H3. The van der Waals surface area contributed by atoms with Crippen LogP contribution in [0.4, 0.5) is 0 Å². The molecular weight excluding hydrogens is 252 g/mol. The van der Waals surface area contributed by atoms with Gasteiger partial charge in [0, 0.05) is 16.9 Å². The molecule has 0 aliphatic rings. The van der Waals surface area contributed by atoms with E-state index >= 15 is 0 Å². The van der Waals surface area contributed by atoms with E-state index in [1.54, 1.807) is 11.8 Å². The van der Waals surface area contributed by atoms with Crippen LogP contribution >= 0.6 is 23.3 Å². The minimum Gasteiger partial charge on any atom is -0.298 e. The van der Waals surface area contributed by atoms with Crippen molar-refractivity contribution in [2.45, 2.75) is 29.5 Å². The average Bonchev–Trinajstić information content (AvgIpc) is 2.79. The van der Waals surface area contributed by atoms with Gasteiger partial charge in [-0.1, -0.05) is 24.8 Å². The van der Waals surface area contributed by atoms with Crippen LogP contribution in [-0.4, -0.2) is 15.6 Å². The molecule has 1 aromatic carbocycles. The second kappa shape index (κ2) is 5.42. The van der Waals surface area contributed by atoms with Crippen LogP contribution in [-0.2, 0) is 6.42 Å². The largest absolute Gasteiger partial charge is 0.298 e. The molecule has 2 rings (SSSR count). The Morgan fingerprint density at radius 2 is 2.29 bits per heavy atom. The minimum atomic E-state index is 0.707. The van der Waals surface area contributed by atoms with E-state index in [9.17, 15) is 4.79 Å². The summed E-state index contributed by atoms with van der Waals surface area (Å²) < 4.78 is 5.20. The number of benzene rings is 1. The molecule has 0 N–H and O–H groups in total. The number of rotatable bonds is 4. The topological polar surface area (TPSA) is 42.9 Å². The van der Waals surface area contributed by atoms with Gasteiger partial charge in [0.1, 0.15) is 12.1 Å². The Kier molecular flexibility index (Phi) is 3.91. The average molecular weight is 264 g/mol. The van der Waals surface area contributed by atoms with E-state index in [0.29, 0.717) is 5.56 Å². The highest BCUT2D eigenvalue weighted by Gasteiger charge is 2.07. The van der Waals surface area contributed by atoms with Crippen LogP contribution in [0, 0.1) is 6.92 Å². The van der Waals surface area contributed by atoms with E-state index in [1.165, 1.54) is 11.5 Å². The van der Waals surface area contributed by atoms with Gasteiger partial charge in [-0.05, 0) is 36.2 Å². The van der Waals surface area contributed by atoms with Crippen molar-refractivity contribution in [3.05, 3.63) is 35.2 Å². The SMILES string of the molecule is CCc1nsc(Sc2ccc(C=O)cc2C)n1. The number of nitrogens with zero attached hydrogens (tertiary/aromatic N) is 2. The zero-order chi connectivity index (χ0) is 12.3. The number of aromatic nitrogens is 2. The van der Waals surface area contributed by atoms with Crippen molar-refractivity contribution in [1.82, 2.24) is 9.36 Å². The molecule has 0 aliphatic heterocycles. The first-order chi connectivity index (χ1) is 8.22. The number of aldehydes is 1. The fraction of sp³-hybridized carbons (Fsp3) is 0.250. The highest BCUT2D eigenvalue weighted by molar-refractivity contribution is 8.01. The smallest absolute Gasteiger partial charge is 0.174 e. The lowest BCUT2D eigenvalue weighted by Gasteiger charge is -2.02. The lowest BCUT2D eigenvalue weighted by Crippen LogP contribution is -1.85. The van der Waals surface area contributed by atoms with Crippen LogP contribution in [0.5, 0.6) is 0 Å². The Balaban J connectivity index is 2.20. The molecule has 1 heterocycles. The summed E-state index contributed by atoms with van der Waals surface area (Å²) in [5.74, 6) is 0.889.